The van der Waals surface area contributed by atoms with Crippen LogP contribution in [0.4, 0.5) is 0 Å². The molecule has 0 aliphatic carbocycles. The number of carbonyl (C=O) groups excluding carboxylic acids is 2. The number of piperidine rings is 1. The minimum atomic E-state index is -0.233. The Morgan fingerprint density at radius 2 is 1.89 bits per heavy atom. The molecule has 4 rings (SSSR count). The molecule has 2 aliphatic heterocycles. The van der Waals surface area contributed by atoms with Gasteiger partial charge in [0.2, 0.25) is 0 Å². The predicted molar refractivity (Wildman–Crippen MR) is 105 cm³/mol. The van der Waals surface area contributed by atoms with Crippen molar-refractivity contribution in [2.45, 2.75) is 51.6 Å². The lowest BCUT2D eigenvalue weighted by molar-refractivity contribution is -0.151. The zero-order valence-electron chi connectivity index (χ0n) is 16.3. The molecule has 3 atom stereocenters. The molecule has 6 heteroatoms. The quantitative estimate of drug-likeness (QED) is 0.762. The van der Waals surface area contributed by atoms with E-state index in [2.05, 4.69) is 9.97 Å². The highest BCUT2D eigenvalue weighted by molar-refractivity contribution is 6.01. The standard InChI is InChI=1S/C22H25N3O3/c1-3-28-22(27)17-9-6-15-7-10-19(17)25(15)21(26)18-13-14(2)5-8-16(18)20-23-11-4-12-24-20/h4-5,8,11-13,15,17,19H,3,6-7,9-10H2,1-2H3. The molecule has 1 amide bonds. The van der Waals surface area contributed by atoms with Crippen molar-refractivity contribution in [3.8, 4) is 11.4 Å². The fourth-order valence-electron chi connectivity index (χ4n) is 4.60. The van der Waals surface area contributed by atoms with Gasteiger partial charge in [-0.15, -0.1) is 0 Å². The van der Waals surface area contributed by atoms with Crippen LogP contribution in [0.3, 0.4) is 0 Å². The van der Waals surface area contributed by atoms with E-state index >= 15 is 0 Å². The smallest absolute Gasteiger partial charge is 0.311 e. The van der Waals surface area contributed by atoms with Crippen molar-refractivity contribution in [3.05, 3.63) is 47.8 Å². The topological polar surface area (TPSA) is 72.4 Å². The van der Waals surface area contributed by atoms with Gasteiger partial charge >= 0.3 is 5.97 Å². The summed E-state index contributed by atoms with van der Waals surface area (Å²) in [5.74, 6) is 0.0928. The van der Waals surface area contributed by atoms with Gasteiger partial charge in [-0.2, -0.15) is 0 Å². The Balaban J connectivity index is 1.70. The van der Waals surface area contributed by atoms with E-state index in [9.17, 15) is 9.59 Å². The summed E-state index contributed by atoms with van der Waals surface area (Å²) < 4.78 is 5.28. The van der Waals surface area contributed by atoms with Crippen molar-refractivity contribution < 1.29 is 14.3 Å². The molecule has 2 fully saturated rings. The molecule has 0 spiro atoms. The molecule has 3 unspecified atom stereocenters. The summed E-state index contributed by atoms with van der Waals surface area (Å²) in [5, 5.41) is 0. The second-order valence-corrected chi connectivity index (χ2v) is 7.57. The van der Waals surface area contributed by atoms with Gasteiger partial charge in [0.25, 0.3) is 5.91 Å². The molecule has 0 saturated carbocycles. The van der Waals surface area contributed by atoms with Gasteiger partial charge in [0.15, 0.2) is 5.82 Å². The summed E-state index contributed by atoms with van der Waals surface area (Å²) in [7, 11) is 0. The van der Waals surface area contributed by atoms with Gasteiger partial charge in [-0.25, -0.2) is 9.97 Å². The minimum Gasteiger partial charge on any atom is -0.466 e. The van der Waals surface area contributed by atoms with Gasteiger partial charge in [-0.3, -0.25) is 9.59 Å². The third-order valence-electron chi connectivity index (χ3n) is 5.86. The molecule has 2 bridgehead atoms. The predicted octanol–water partition coefficient (Wildman–Crippen LogP) is 3.40. The highest BCUT2D eigenvalue weighted by atomic mass is 16.5. The molecule has 2 aromatic rings. The Morgan fingerprint density at radius 1 is 1.14 bits per heavy atom. The Kier molecular flexibility index (Phi) is 5.11. The summed E-state index contributed by atoms with van der Waals surface area (Å²) in [5.41, 5.74) is 2.34. The zero-order valence-corrected chi connectivity index (χ0v) is 16.3. The van der Waals surface area contributed by atoms with E-state index in [0.29, 0.717) is 18.0 Å². The molecule has 146 valence electrons. The van der Waals surface area contributed by atoms with Crippen LogP contribution in [0.2, 0.25) is 0 Å². The van der Waals surface area contributed by atoms with Crippen molar-refractivity contribution >= 4 is 11.9 Å². The normalized spacial score (nSPS) is 23.5. The Hall–Kier alpha value is -2.76. The summed E-state index contributed by atoms with van der Waals surface area (Å²) in [6.45, 7) is 4.16. The number of nitrogens with zero attached hydrogens (tertiary/aromatic N) is 3. The average molecular weight is 379 g/mol. The average Bonchev–Trinajstić information content (AvgIpc) is 3.00. The number of ether oxygens (including phenoxy) is 1. The van der Waals surface area contributed by atoms with E-state index in [-0.39, 0.29) is 29.9 Å². The van der Waals surface area contributed by atoms with Gasteiger partial charge in [0, 0.05) is 30.0 Å². The maximum absolute atomic E-state index is 13.7. The summed E-state index contributed by atoms with van der Waals surface area (Å²) >= 11 is 0. The van der Waals surface area contributed by atoms with Gasteiger partial charge in [0.1, 0.15) is 0 Å². The largest absolute Gasteiger partial charge is 0.466 e. The maximum atomic E-state index is 13.7. The highest BCUT2D eigenvalue weighted by Gasteiger charge is 2.48. The number of aromatic nitrogens is 2. The lowest BCUT2D eigenvalue weighted by atomic mass is 9.89. The van der Waals surface area contributed by atoms with Crippen LogP contribution in [0.1, 0.15) is 48.5 Å². The SMILES string of the molecule is CCOC(=O)C1CCC2CCC1N2C(=O)c1cc(C)ccc1-c1ncccn1. The first kappa shape index (κ1) is 18.6. The van der Waals surface area contributed by atoms with Crippen LogP contribution in [0.5, 0.6) is 0 Å². The summed E-state index contributed by atoms with van der Waals surface area (Å²) in [6, 6.07) is 7.64. The summed E-state index contributed by atoms with van der Waals surface area (Å²) in [6.07, 6.45) is 6.78. The first-order valence-electron chi connectivity index (χ1n) is 9.97. The van der Waals surface area contributed by atoms with E-state index in [1.165, 1.54) is 0 Å². The van der Waals surface area contributed by atoms with Crippen LogP contribution < -0.4 is 0 Å². The zero-order chi connectivity index (χ0) is 19.7. The van der Waals surface area contributed by atoms with Crippen molar-refractivity contribution in [2.75, 3.05) is 6.61 Å². The number of benzene rings is 1. The number of amides is 1. The first-order valence-corrected chi connectivity index (χ1v) is 9.97. The Morgan fingerprint density at radius 3 is 2.64 bits per heavy atom. The molecule has 3 heterocycles. The first-order chi connectivity index (χ1) is 13.6. The maximum Gasteiger partial charge on any atom is 0.311 e. The Labute approximate surface area is 164 Å². The molecular weight excluding hydrogens is 354 g/mol. The van der Waals surface area contributed by atoms with Crippen LogP contribution >= 0.6 is 0 Å². The molecule has 1 aromatic heterocycles. The van der Waals surface area contributed by atoms with E-state index in [4.69, 9.17) is 4.74 Å². The molecular formula is C22H25N3O3. The van der Waals surface area contributed by atoms with Crippen molar-refractivity contribution in [1.82, 2.24) is 14.9 Å². The number of hydrogen-bond donors (Lipinski definition) is 0. The highest BCUT2D eigenvalue weighted by Crippen LogP contribution is 2.41. The van der Waals surface area contributed by atoms with Gasteiger partial charge in [0.05, 0.1) is 18.1 Å². The number of hydrogen-bond acceptors (Lipinski definition) is 5. The van der Waals surface area contributed by atoms with Gasteiger partial charge < -0.3 is 9.64 Å². The third kappa shape index (κ3) is 3.28. The van der Waals surface area contributed by atoms with Crippen LogP contribution in [-0.4, -0.2) is 45.4 Å². The number of rotatable bonds is 4. The van der Waals surface area contributed by atoms with Crippen LogP contribution in [0, 0.1) is 12.8 Å². The van der Waals surface area contributed by atoms with Crippen LogP contribution in [0.15, 0.2) is 36.7 Å². The van der Waals surface area contributed by atoms with Crippen LogP contribution in [0.25, 0.3) is 11.4 Å². The molecule has 0 radical (unpaired) electrons. The molecule has 2 saturated heterocycles. The van der Waals surface area contributed by atoms with Crippen LogP contribution in [-0.2, 0) is 9.53 Å². The number of fused-ring (bicyclic) bond motifs is 2. The van der Waals surface area contributed by atoms with Gasteiger partial charge in [-0.05, 0) is 51.7 Å². The molecule has 1 aromatic carbocycles. The second kappa shape index (κ2) is 7.70. The lowest BCUT2D eigenvalue weighted by Gasteiger charge is -2.39. The third-order valence-corrected chi connectivity index (χ3v) is 5.86. The minimum absolute atomic E-state index is 0.0346. The van der Waals surface area contributed by atoms with E-state index < -0.39 is 0 Å². The number of carbonyl (C=O) groups is 2. The van der Waals surface area contributed by atoms with Crippen molar-refractivity contribution in [3.63, 3.8) is 0 Å². The van der Waals surface area contributed by atoms with E-state index in [1.807, 2.05) is 36.9 Å². The number of aryl methyl sites for hydroxylation is 1. The molecule has 28 heavy (non-hydrogen) atoms. The monoisotopic (exact) mass is 379 g/mol. The van der Waals surface area contributed by atoms with Crippen molar-refractivity contribution in [2.24, 2.45) is 5.92 Å². The molecule has 6 nitrogen and oxygen atoms in total. The second-order valence-electron chi connectivity index (χ2n) is 7.57. The van der Waals surface area contributed by atoms with Crippen molar-refractivity contribution in [1.29, 1.82) is 0 Å². The summed E-state index contributed by atoms with van der Waals surface area (Å²) in [4.78, 5) is 36.7. The van der Waals surface area contributed by atoms with E-state index in [1.54, 1.807) is 18.5 Å². The molecule has 2 aliphatic rings. The fraction of sp³-hybridized carbons (Fsp3) is 0.455. The Bertz CT molecular complexity index is 884. The lowest BCUT2D eigenvalue weighted by Crippen LogP contribution is -2.50. The van der Waals surface area contributed by atoms with E-state index in [0.717, 1.165) is 36.8 Å². The number of esters is 1. The fourth-order valence-corrected chi connectivity index (χ4v) is 4.60. The van der Waals surface area contributed by atoms with Gasteiger partial charge in [-0.1, -0.05) is 17.7 Å². The molecule has 0 N–H and O–H groups in total.